The van der Waals surface area contributed by atoms with Gasteiger partial charge in [-0.2, -0.15) is 0 Å². The van der Waals surface area contributed by atoms with Gasteiger partial charge in [-0.15, -0.1) is 0 Å². The second-order valence-corrected chi connectivity index (χ2v) is 7.03. The number of carbonyl (C=O) groups excluding carboxylic acids is 2. The molecule has 0 radical (unpaired) electrons. The van der Waals surface area contributed by atoms with E-state index in [-0.39, 0.29) is 18.2 Å². The molecule has 0 bridgehead atoms. The number of carbonyl (C=O) groups is 2. The van der Waals surface area contributed by atoms with E-state index in [1.165, 1.54) is 0 Å². The number of fused-ring (bicyclic) bond motifs is 1. The normalized spacial score (nSPS) is 19.3. The molecule has 7 heteroatoms. The summed E-state index contributed by atoms with van der Waals surface area (Å²) in [5.74, 6) is 0.804. The molecule has 4 rings (SSSR count). The number of aliphatic imine (C=N–C) groups is 1. The molecule has 1 aliphatic heterocycles. The Morgan fingerprint density at radius 2 is 2.03 bits per heavy atom. The van der Waals surface area contributed by atoms with Gasteiger partial charge in [0.1, 0.15) is 11.5 Å². The fourth-order valence-electron chi connectivity index (χ4n) is 2.93. The van der Waals surface area contributed by atoms with Gasteiger partial charge in [-0.1, -0.05) is 23.7 Å². The summed E-state index contributed by atoms with van der Waals surface area (Å²) >= 11 is 5.88. The average Bonchev–Trinajstić information content (AvgIpc) is 3.13. The van der Waals surface area contributed by atoms with Gasteiger partial charge < -0.3 is 14.5 Å². The van der Waals surface area contributed by atoms with Crippen molar-refractivity contribution >= 4 is 35.2 Å². The van der Waals surface area contributed by atoms with Crippen LogP contribution in [-0.4, -0.2) is 23.6 Å². The molecule has 6 nitrogen and oxygen atoms in total. The van der Waals surface area contributed by atoms with Crippen molar-refractivity contribution in [2.75, 3.05) is 0 Å². The molecule has 1 N–H and O–H groups in total. The van der Waals surface area contributed by atoms with E-state index in [9.17, 15) is 9.59 Å². The Balaban J connectivity index is 1.47. The molecule has 29 heavy (non-hydrogen) atoms. The van der Waals surface area contributed by atoms with Crippen LogP contribution in [0.2, 0.25) is 5.02 Å². The number of nitrogens with zero attached hydrogens (tertiary/aromatic N) is 1. The number of benzene rings is 1. The van der Waals surface area contributed by atoms with E-state index in [0.717, 1.165) is 11.3 Å². The van der Waals surface area contributed by atoms with Crippen LogP contribution in [0.3, 0.4) is 0 Å². The number of furan rings is 1. The Hall–Kier alpha value is -3.38. The molecule has 0 spiro atoms. The Labute approximate surface area is 172 Å². The summed E-state index contributed by atoms with van der Waals surface area (Å²) in [7, 11) is 0. The van der Waals surface area contributed by atoms with Crippen LogP contribution in [0.15, 0.2) is 75.4 Å². The summed E-state index contributed by atoms with van der Waals surface area (Å²) < 4.78 is 11.2. The quantitative estimate of drug-likeness (QED) is 0.781. The molecule has 1 unspecified atom stereocenters. The molecule has 2 aliphatic rings. The van der Waals surface area contributed by atoms with Gasteiger partial charge in [-0.3, -0.25) is 9.59 Å². The lowest BCUT2D eigenvalue weighted by molar-refractivity contribution is -0.119. The van der Waals surface area contributed by atoms with Gasteiger partial charge in [-0.05, 0) is 61.1 Å². The van der Waals surface area contributed by atoms with Gasteiger partial charge in [0.15, 0.2) is 11.9 Å². The summed E-state index contributed by atoms with van der Waals surface area (Å²) in [4.78, 5) is 28.8. The maximum absolute atomic E-state index is 12.4. The zero-order chi connectivity index (χ0) is 20.4. The van der Waals surface area contributed by atoms with Gasteiger partial charge in [0.05, 0.1) is 12.3 Å². The monoisotopic (exact) mass is 408 g/mol. The number of hydrogen-bond donors (Lipinski definition) is 1. The van der Waals surface area contributed by atoms with E-state index in [0.29, 0.717) is 22.1 Å². The minimum atomic E-state index is -0.518. The first-order valence-electron chi connectivity index (χ1n) is 8.98. The minimum Gasteiger partial charge on any atom is -0.474 e. The SMILES string of the molecule is Cc1ccc(CNC(=O)C2=CC3=NC(=O)/C(=C/c4ccc(Cl)cc4)OC3C=C2)o1. The minimum absolute atomic E-state index is 0.139. The van der Waals surface area contributed by atoms with E-state index < -0.39 is 12.0 Å². The largest absolute Gasteiger partial charge is 0.474 e. The van der Waals surface area contributed by atoms with Crippen molar-refractivity contribution in [1.82, 2.24) is 5.32 Å². The lowest BCUT2D eigenvalue weighted by atomic mass is 10.0. The number of aryl methyl sites for hydroxylation is 1. The molecular weight excluding hydrogens is 392 g/mol. The molecule has 1 aromatic heterocycles. The second kappa shape index (κ2) is 7.93. The molecule has 1 atom stereocenters. The van der Waals surface area contributed by atoms with Crippen molar-refractivity contribution in [3.05, 3.63) is 88.1 Å². The van der Waals surface area contributed by atoms with Crippen LogP contribution in [0.5, 0.6) is 0 Å². The van der Waals surface area contributed by atoms with Crippen LogP contribution in [0, 0.1) is 6.92 Å². The van der Waals surface area contributed by atoms with Crippen molar-refractivity contribution in [2.45, 2.75) is 19.6 Å². The van der Waals surface area contributed by atoms with Crippen LogP contribution >= 0.6 is 11.6 Å². The highest BCUT2D eigenvalue weighted by Crippen LogP contribution is 2.23. The molecular formula is C22H17ClN2O4. The summed E-state index contributed by atoms with van der Waals surface area (Å²) in [6.07, 6.45) is 6.01. The number of amides is 2. The van der Waals surface area contributed by atoms with Crippen molar-refractivity contribution in [3.8, 4) is 0 Å². The molecule has 2 aromatic rings. The predicted octanol–water partition coefficient (Wildman–Crippen LogP) is 3.76. The maximum Gasteiger partial charge on any atom is 0.312 e. The molecule has 1 aromatic carbocycles. The van der Waals surface area contributed by atoms with Crippen LogP contribution in [-0.2, 0) is 20.9 Å². The average molecular weight is 409 g/mol. The van der Waals surface area contributed by atoms with E-state index in [2.05, 4.69) is 10.3 Å². The topological polar surface area (TPSA) is 80.9 Å². The molecule has 0 fully saturated rings. The molecule has 0 saturated carbocycles. The zero-order valence-electron chi connectivity index (χ0n) is 15.5. The number of rotatable bonds is 4. The van der Waals surface area contributed by atoms with Crippen molar-refractivity contribution in [2.24, 2.45) is 4.99 Å². The molecule has 146 valence electrons. The third-order valence-corrected chi connectivity index (χ3v) is 4.64. The lowest BCUT2D eigenvalue weighted by Gasteiger charge is -2.24. The summed E-state index contributed by atoms with van der Waals surface area (Å²) in [6.45, 7) is 2.11. The maximum atomic E-state index is 12.4. The van der Waals surface area contributed by atoms with Crippen LogP contribution in [0.25, 0.3) is 6.08 Å². The molecule has 2 heterocycles. The fraction of sp³-hybridized carbons (Fsp3) is 0.136. The Kier molecular flexibility index (Phi) is 5.18. The van der Waals surface area contributed by atoms with Gasteiger partial charge >= 0.3 is 5.91 Å². The first kappa shape index (κ1) is 19.0. The Morgan fingerprint density at radius 3 is 2.76 bits per heavy atom. The van der Waals surface area contributed by atoms with Crippen LogP contribution in [0.1, 0.15) is 17.1 Å². The third-order valence-electron chi connectivity index (χ3n) is 4.39. The second-order valence-electron chi connectivity index (χ2n) is 6.59. The smallest absolute Gasteiger partial charge is 0.312 e. The Morgan fingerprint density at radius 1 is 1.24 bits per heavy atom. The molecule has 2 amide bonds. The van der Waals surface area contributed by atoms with Crippen LogP contribution in [0.4, 0.5) is 0 Å². The van der Waals surface area contributed by atoms with E-state index in [1.807, 2.05) is 19.1 Å². The van der Waals surface area contributed by atoms with Gasteiger partial charge in [-0.25, -0.2) is 4.99 Å². The highest BCUT2D eigenvalue weighted by Gasteiger charge is 2.29. The molecule has 1 aliphatic carbocycles. The third kappa shape index (κ3) is 4.38. The first-order valence-corrected chi connectivity index (χ1v) is 9.36. The predicted molar refractivity (Wildman–Crippen MR) is 109 cm³/mol. The van der Waals surface area contributed by atoms with Gasteiger partial charge in [0, 0.05) is 10.6 Å². The van der Waals surface area contributed by atoms with E-state index in [4.69, 9.17) is 20.8 Å². The number of ether oxygens (including phenoxy) is 1. The zero-order valence-corrected chi connectivity index (χ0v) is 16.3. The van der Waals surface area contributed by atoms with E-state index >= 15 is 0 Å². The first-order chi connectivity index (χ1) is 14.0. The lowest BCUT2D eigenvalue weighted by Crippen LogP contribution is -2.33. The number of halogens is 1. The van der Waals surface area contributed by atoms with Crippen molar-refractivity contribution < 1.29 is 18.7 Å². The molecule has 0 saturated heterocycles. The number of hydrogen-bond acceptors (Lipinski definition) is 4. The van der Waals surface area contributed by atoms with Gasteiger partial charge in [0.2, 0.25) is 0 Å². The van der Waals surface area contributed by atoms with Crippen molar-refractivity contribution in [1.29, 1.82) is 0 Å². The summed E-state index contributed by atoms with van der Waals surface area (Å²) in [5, 5.41) is 3.39. The van der Waals surface area contributed by atoms with Gasteiger partial charge in [0.25, 0.3) is 5.91 Å². The number of nitrogens with one attached hydrogen (secondary N) is 1. The Bertz CT molecular complexity index is 1090. The standard InChI is InChI=1S/C22H17ClN2O4/c1-13-2-8-17(28-13)12-24-21(26)15-5-9-19-18(11-15)25-22(27)20(29-19)10-14-3-6-16(23)7-4-14/h2-11,19H,12H2,1H3,(H,24,26)/b20-10-. The summed E-state index contributed by atoms with van der Waals surface area (Å²) in [5.41, 5.74) is 1.56. The fourth-order valence-corrected chi connectivity index (χ4v) is 3.06. The summed E-state index contributed by atoms with van der Waals surface area (Å²) in [6, 6.07) is 10.7. The van der Waals surface area contributed by atoms with Crippen molar-refractivity contribution in [3.63, 3.8) is 0 Å². The van der Waals surface area contributed by atoms with Crippen LogP contribution < -0.4 is 5.32 Å². The van der Waals surface area contributed by atoms with E-state index in [1.54, 1.807) is 48.6 Å². The highest BCUT2D eigenvalue weighted by atomic mass is 35.5. The highest BCUT2D eigenvalue weighted by molar-refractivity contribution is 6.30.